The zero-order valence-corrected chi connectivity index (χ0v) is 15.0. The van der Waals surface area contributed by atoms with Crippen LogP contribution in [-0.4, -0.2) is 31.8 Å². The first-order valence-electron chi connectivity index (χ1n) is 8.49. The Balaban J connectivity index is 1.67. The van der Waals surface area contributed by atoms with Crippen LogP contribution in [0.1, 0.15) is 35.2 Å². The number of ether oxygens (including phenoxy) is 1. The lowest BCUT2D eigenvalue weighted by molar-refractivity contribution is 0.0469. The summed E-state index contributed by atoms with van der Waals surface area (Å²) in [6, 6.07) is 11.7. The number of esters is 1. The Kier molecular flexibility index (Phi) is 5.68. The number of sulfonamides is 1. The maximum Gasteiger partial charge on any atom is 0.338 e. The van der Waals surface area contributed by atoms with Gasteiger partial charge in [-0.1, -0.05) is 24.6 Å². The fraction of sp³-hybridized carbons (Fsp3) is 0.316. The van der Waals surface area contributed by atoms with Crippen LogP contribution in [0, 0.1) is 5.82 Å². The first-order chi connectivity index (χ1) is 12.5. The van der Waals surface area contributed by atoms with Crippen LogP contribution in [0.4, 0.5) is 4.39 Å². The molecule has 0 amide bonds. The van der Waals surface area contributed by atoms with Crippen molar-refractivity contribution in [3.63, 3.8) is 0 Å². The van der Waals surface area contributed by atoms with Gasteiger partial charge in [0.2, 0.25) is 10.0 Å². The van der Waals surface area contributed by atoms with Gasteiger partial charge in [-0.25, -0.2) is 17.6 Å². The molecule has 0 aliphatic carbocycles. The second-order valence-electron chi connectivity index (χ2n) is 6.16. The molecule has 1 saturated heterocycles. The van der Waals surface area contributed by atoms with E-state index in [0.29, 0.717) is 13.1 Å². The Morgan fingerprint density at radius 3 is 2.31 bits per heavy atom. The van der Waals surface area contributed by atoms with E-state index >= 15 is 0 Å². The SMILES string of the molecule is O=C(OCc1ccccc1F)c1ccc(S(=O)(=O)N2CCCCC2)cc1. The van der Waals surface area contributed by atoms with E-state index in [9.17, 15) is 17.6 Å². The van der Waals surface area contributed by atoms with E-state index in [1.807, 2.05) is 0 Å². The normalized spacial score (nSPS) is 15.6. The minimum Gasteiger partial charge on any atom is -0.457 e. The maximum absolute atomic E-state index is 13.5. The number of piperidine rings is 1. The van der Waals surface area contributed by atoms with Crippen LogP contribution in [0.3, 0.4) is 0 Å². The highest BCUT2D eigenvalue weighted by Crippen LogP contribution is 2.21. The second kappa shape index (κ2) is 7.97. The van der Waals surface area contributed by atoms with Crippen molar-refractivity contribution in [2.24, 2.45) is 0 Å². The van der Waals surface area contributed by atoms with Crippen LogP contribution >= 0.6 is 0 Å². The molecule has 5 nitrogen and oxygen atoms in total. The topological polar surface area (TPSA) is 63.7 Å². The number of benzene rings is 2. The summed E-state index contributed by atoms with van der Waals surface area (Å²) in [5, 5.41) is 0. The lowest BCUT2D eigenvalue weighted by Gasteiger charge is -2.25. The highest BCUT2D eigenvalue weighted by molar-refractivity contribution is 7.89. The van der Waals surface area contributed by atoms with Crippen LogP contribution < -0.4 is 0 Å². The zero-order chi connectivity index (χ0) is 18.6. The van der Waals surface area contributed by atoms with Gasteiger partial charge in [0.05, 0.1) is 10.5 Å². The highest BCUT2D eigenvalue weighted by Gasteiger charge is 2.26. The molecule has 1 heterocycles. The number of hydrogen-bond acceptors (Lipinski definition) is 4. The Morgan fingerprint density at radius 2 is 1.65 bits per heavy atom. The number of halogens is 1. The lowest BCUT2D eigenvalue weighted by Crippen LogP contribution is -2.35. The summed E-state index contributed by atoms with van der Waals surface area (Å²) < 4.78 is 45.3. The van der Waals surface area contributed by atoms with E-state index in [1.54, 1.807) is 12.1 Å². The second-order valence-corrected chi connectivity index (χ2v) is 8.09. The molecule has 0 atom stereocenters. The quantitative estimate of drug-likeness (QED) is 0.750. The summed E-state index contributed by atoms with van der Waals surface area (Å²) >= 11 is 0. The minimum atomic E-state index is -3.53. The molecule has 2 aromatic rings. The van der Waals surface area contributed by atoms with Crippen molar-refractivity contribution in [2.45, 2.75) is 30.8 Å². The number of rotatable bonds is 5. The van der Waals surface area contributed by atoms with Gasteiger partial charge < -0.3 is 4.74 Å². The zero-order valence-electron chi connectivity index (χ0n) is 14.2. The predicted octanol–water partition coefficient (Wildman–Crippen LogP) is 3.36. The molecule has 2 aromatic carbocycles. The molecule has 26 heavy (non-hydrogen) atoms. The minimum absolute atomic E-state index is 0.157. The summed E-state index contributed by atoms with van der Waals surface area (Å²) in [5.74, 6) is -1.07. The molecule has 7 heteroatoms. The van der Waals surface area contributed by atoms with Gasteiger partial charge in [-0.05, 0) is 43.2 Å². The number of nitrogens with zero attached hydrogens (tertiary/aromatic N) is 1. The summed E-state index contributed by atoms with van der Waals surface area (Å²) in [5.41, 5.74) is 0.504. The molecular weight excluding hydrogens is 357 g/mol. The highest BCUT2D eigenvalue weighted by atomic mass is 32.2. The molecule has 0 spiro atoms. The van der Waals surface area contributed by atoms with E-state index in [4.69, 9.17) is 4.74 Å². The van der Waals surface area contributed by atoms with Gasteiger partial charge in [0.1, 0.15) is 12.4 Å². The Labute approximate surface area is 152 Å². The first kappa shape index (κ1) is 18.5. The Bertz CT molecular complexity index is 875. The van der Waals surface area contributed by atoms with E-state index < -0.39 is 21.8 Å². The largest absolute Gasteiger partial charge is 0.457 e. The Morgan fingerprint density at radius 1 is 1.00 bits per heavy atom. The van der Waals surface area contributed by atoms with E-state index in [2.05, 4.69) is 0 Å². The molecule has 0 N–H and O–H groups in total. The molecule has 0 aromatic heterocycles. The van der Waals surface area contributed by atoms with E-state index in [0.717, 1.165) is 19.3 Å². The van der Waals surface area contributed by atoms with Gasteiger partial charge in [-0.2, -0.15) is 4.31 Å². The third-order valence-corrected chi connectivity index (χ3v) is 6.27. The standard InChI is InChI=1S/C19H20FNO4S/c20-18-7-3-2-6-16(18)14-25-19(22)15-8-10-17(11-9-15)26(23,24)21-12-4-1-5-13-21/h2-3,6-11H,1,4-5,12-14H2. The number of hydrogen-bond donors (Lipinski definition) is 0. The summed E-state index contributed by atoms with van der Waals surface area (Å²) in [6.45, 7) is 0.864. The monoisotopic (exact) mass is 377 g/mol. The molecule has 0 unspecified atom stereocenters. The van der Waals surface area contributed by atoms with Crippen LogP contribution in [0.15, 0.2) is 53.4 Å². The van der Waals surface area contributed by atoms with Crippen LogP contribution in [0.2, 0.25) is 0 Å². The molecule has 0 bridgehead atoms. The van der Waals surface area contributed by atoms with Gasteiger partial charge in [-0.3, -0.25) is 0 Å². The van der Waals surface area contributed by atoms with Gasteiger partial charge in [0.25, 0.3) is 0 Å². The molecule has 1 aliphatic rings. The van der Waals surface area contributed by atoms with E-state index in [1.165, 1.54) is 40.7 Å². The third-order valence-electron chi connectivity index (χ3n) is 4.36. The molecular formula is C19H20FNO4S. The smallest absolute Gasteiger partial charge is 0.338 e. The summed E-state index contributed by atoms with van der Waals surface area (Å²) in [7, 11) is -3.53. The van der Waals surface area contributed by atoms with Crippen molar-refractivity contribution in [2.75, 3.05) is 13.1 Å². The van der Waals surface area contributed by atoms with Crippen molar-refractivity contribution in [1.82, 2.24) is 4.31 Å². The molecule has 0 saturated carbocycles. The van der Waals surface area contributed by atoms with Crippen LogP contribution in [-0.2, 0) is 21.4 Å². The van der Waals surface area contributed by atoms with Crippen molar-refractivity contribution < 1.29 is 22.3 Å². The van der Waals surface area contributed by atoms with Crippen molar-refractivity contribution >= 4 is 16.0 Å². The van der Waals surface area contributed by atoms with Crippen molar-refractivity contribution in [3.05, 3.63) is 65.5 Å². The predicted molar refractivity (Wildman–Crippen MR) is 94.6 cm³/mol. The average Bonchev–Trinajstić information content (AvgIpc) is 2.68. The Hall–Kier alpha value is -2.25. The van der Waals surface area contributed by atoms with E-state index in [-0.39, 0.29) is 22.6 Å². The van der Waals surface area contributed by atoms with Gasteiger partial charge in [0.15, 0.2) is 0 Å². The molecule has 1 fully saturated rings. The first-order valence-corrected chi connectivity index (χ1v) is 9.93. The summed E-state index contributed by atoms with van der Waals surface area (Å²) in [6.07, 6.45) is 2.76. The van der Waals surface area contributed by atoms with Crippen LogP contribution in [0.25, 0.3) is 0 Å². The molecule has 0 radical (unpaired) electrons. The number of carbonyl (C=O) groups excluding carboxylic acids is 1. The van der Waals surface area contributed by atoms with Gasteiger partial charge in [-0.15, -0.1) is 0 Å². The van der Waals surface area contributed by atoms with Crippen LogP contribution in [0.5, 0.6) is 0 Å². The fourth-order valence-corrected chi connectivity index (χ4v) is 4.38. The van der Waals surface area contributed by atoms with Crippen molar-refractivity contribution in [1.29, 1.82) is 0 Å². The number of carbonyl (C=O) groups is 1. The fourth-order valence-electron chi connectivity index (χ4n) is 2.86. The average molecular weight is 377 g/mol. The van der Waals surface area contributed by atoms with Crippen molar-refractivity contribution in [3.8, 4) is 0 Å². The molecule has 3 rings (SSSR count). The third kappa shape index (κ3) is 4.11. The van der Waals surface area contributed by atoms with Gasteiger partial charge >= 0.3 is 5.97 Å². The summed E-state index contributed by atoms with van der Waals surface area (Å²) in [4.78, 5) is 12.2. The molecule has 1 aliphatic heterocycles. The maximum atomic E-state index is 13.5. The van der Waals surface area contributed by atoms with Gasteiger partial charge in [0, 0.05) is 18.7 Å². The molecule has 138 valence electrons. The lowest BCUT2D eigenvalue weighted by atomic mass is 10.2.